The molecule has 0 atom stereocenters. The largest absolute Gasteiger partial charge is 0.310 e. The van der Waals surface area contributed by atoms with Crippen LogP contribution < -0.4 is 4.90 Å². The number of anilines is 3. The molecule has 1 nitrogen and oxygen atoms in total. The van der Waals surface area contributed by atoms with Crippen LogP contribution in [0.3, 0.4) is 0 Å². The second-order valence-electron chi connectivity index (χ2n) is 15.4. The van der Waals surface area contributed by atoms with Crippen molar-refractivity contribution in [3.8, 4) is 55.6 Å². The van der Waals surface area contributed by atoms with Gasteiger partial charge in [0.2, 0.25) is 0 Å². The van der Waals surface area contributed by atoms with Gasteiger partial charge in [0.15, 0.2) is 0 Å². The normalized spacial score (nSPS) is 12.6. The molecule has 0 amide bonds. The molecule has 266 valence electrons. The molecule has 1 aliphatic carbocycles. The number of hydrogen-bond donors (Lipinski definition) is 0. The van der Waals surface area contributed by atoms with Crippen LogP contribution in [0.2, 0.25) is 0 Å². The van der Waals surface area contributed by atoms with Crippen LogP contribution in [0, 0.1) is 0 Å². The first-order valence-corrected chi connectivity index (χ1v) is 19.5. The molecule has 0 N–H and O–H groups in total. The molecule has 0 unspecified atom stereocenters. The first-order valence-electron chi connectivity index (χ1n) is 19.5. The molecule has 0 bridgehead atoms. The Morgan fingerprint density at radius 1 is 0.304 bits per heavy atom. The molecule has 9 aromatic rings. The van der Waals surface area contributed by atoms with Crippen molar-refractivity contribution in [3.05, 3.63) is 223 Å². The summed E-state index contributed by atoms with van der Waals surface area (Å²) in [7, 11) is 0. The van der Waals surface area contributed by atoms with Gasteiger partial charge in [-0.05, 0) is 121 Å². The van der Waals surface area contributed by atoms with Crippen molar-refractivity contribution < 1.29 is 0 Å². The molecule has 0 heterocycles. The van der Waals surface area contributed by atoms with Crippen LogP contribution >= 0.6 is 0 Å². The van der Waals surface area contributed by atoms with E-state index in [1.54, 1.807) is 0 Å². The van der Waals surface area contributed by atoms with E-state index in [9.17, 15) is 0 Å². The Hall–Kier alpha value is -6.96. The monoisotopic (exact) mass is 715 g/mol. The van der Waals surface area contributed by atoms with E-state index in [4.69, 9.17) is 0 Å². The third-order valence-electron chi connectivity index (χ3n) is 11.7. The lowest BCUT2D eigenvalue weighted by atomic mass is 9.82. The molecule has 10 rings (SSSR count). The maximum absolute atomic E-state index is 2.44. The number of rotatable bonds is 7. The van der Waals surface area contributed by atoms with E-state index < -0.39 is 0 Å². The minimum Gasteiger partial charge on any atom is -0.310 e. The van der Waals surface area contributed by atoms with Crippen molar-refractivity contribution >= 4 is 27.8 Å². The first-order chi connectivity index (χ1) is 27.5. The molecule has 9 aromatic carbocycles. The number of hydrogen-bond acceptors (Lipinski definition) is 1. The van der Waals surface area contributed by atoms with Crippen molar-refractivity contribution in [1.29, 1.82) is 0 Å². The molecule has 0 saturated heterocycles. The molecule has 56 heavy (non-hydrogen) atoms. The van der Waals surface area contributed by atoms with Gasteiger partial charge in [0.25, 0.3) is 0 Å². The van der Waals surface area contributed by atoms with Gasteiger partial charge in [-0.3, -0.25) is 0 Å². The molecular formula is C55H41N. The maximum Gasteiger partial charge on any atom is 0.0540 e. The van der Waals surface area contributed by atoms with Crippen molar-refractivity contribution in [2.75, 3.05) is 4.90 Å². The van der Waals surface area contributed by atoms with Crippen molar-refractivity contribution in [3.63, 3.8) is 0 Å². The summed E-state index contributed by atoms with van der Waals surface area (Å²) >= 11 is 0. The van der Waals surface area contributed by atoms with Gasteiger partial charge in [0.1, 0.15) is 0 Å². The van der Waals surface area contributed by atoms with Gasteiger partial charge in [-0.1, -0.05) is 178 Å². The van der Waals surface area contributed by atoms with E-state index in [0.717, 1.165) is 17.1 Å². The lowest BCUT2D eigenvalue weighted by molar-refractivity contribution is 0.660. The summed E-state index contributed by atoms with van der Waals surface area (Å²) in [4.78, 5) is 2.44. The fourth-order valence-electron chi connectivity index (χ4n) is 8.72. The Kier molecular flexibility index (Phi) is 8.23. The second-order valence-corrected chi connectivity index (χ2v) is 15.4. The number of nitrogens with zero attached hydrogens (tertiary/aromatic N) is 1. The van der Waals surface area contributed by atoms with Crippen LogP contribution in [-0.2, 0) is 5.41 Å². The summed E-state index contributed by atoms with van der Waals surface area (Å²) in [6.07, 6.45) is 0. The first kappa shape index (κ1) is 33.6. The van der Waals surface area contributed by atoms with E-state index in [1.165, 1.54) is 77.5 Å². The minimum atomic E-state index is -0.114. The molecule has 0 aliphatic heterocycles. The van der Waals surface area contributed by atoms with Crippen LogP contribution in [0.1, 0.15) is 25.0 Å². The summed E-state index contributed by atoms with van der Waals surface area (Å²) in [6.45, 7) is 4.71. The van der Waals surface area contributed by atoms with Gasteiger partial charge in [0.05, 0.1) is 5.69 Å². The van der Waals surface area contributed by atoms with E-state index in [1.807, 2.05) is 0 Å². The van der Waals surface area contributed by atoms with Gasteiger partial charge in [-0.15, -0.1) is 0 Å². The Labute approximate surface area is 329 Å². The quantitative estimate of drug-likeness (QED) is 0.159. The van der Waals surface area contributed by atoms with Crippen molar-refractivity contribution in [2.45, 2.75) is 19.3 Å². The Balaban J connectivity index is 1.09. The van der Waals surface area contributed by atoms with Gasteiger partial charge in [0, 0.05) is 22.4 Å². The fraction of sp³-hybridized carbons (Fsp3) is 0.0545. The molecule has 1 heteroatoms. The molecule has 0 saturated carbocycles. The Morgan fingerprint density at radius 2 is 0.821 bits per heavy atom. The smallest absolute Gasteiger partial charge is 0.0540 e. The molecule has 0 spiro atoms. The highest BCUT2D eigenvalue weighted by molar-refractivity contribution is 5.92. The summed E-state index contributed by atoms with van der Waals surface area (Å²) in [6, 6.07) is 77.6. The maximum atomic E-state index is 2.44. The minimum absolute atomic E-state index is 0.114. The average Bonchev–Trinajstić information content (AvgIpc) is 3.49. The van der Waals surface area contributed by atoms with Crippen LogP contribution in [0.15, 0.2) is 212 Å². The zero-order chi connectivity index (χ0) is 37.6. The zero-order valence-corrected chi connectivity index (χ0v) is 31.7. The van der Waals surface area contributed by atoms with Crippen LogP contribution in [0.4, 0.5) is 17.1 Å². The summed E-state index contributed by atoms with van der Waals surface area (Å²) in [5.41, 5.74) is 18.3. The molecular weight excluding hydrogens is 675 g/mol. The van der Waals surface area contributed by atoms with Crippen molar-refractivity contribution in [2.24, 2.45) is 0 Å². The topological polar surface area (TPSA) is 3.24 Å². The van der Waals surface area contributed by atoms with Gasteiger partial charge < -0.3 is 4.90 Å². The predicted molar refractivity (Wildman–Crippen MR) is 238 cm³/mol. The van der Waals surface area contributed by atoms with E-state index in [2.05, 4.69) is 231 Å². The fourth-order valence-corrected chi connectivity index (χ4v) is 8.72. The highest BCUT2D eigenvalue weighted by Crippen LogP contribution is 2.51. The number of para-hydroxylation sites is 1. The van der Waals surface area contributed by atoms with Gasteiger partial charge in [-0.25, -0.2) is 0 Å². The molecule has 0 fully saturated rings. The second kappa shape index (κ2) is 13.7. The summed E-state index contributed by atoms with van der Waals surface area (Å²) in [5, 5.41) is 2.51. The van der Waals surface area contributed by atoms with Crippen LogP contribution in [0.25, 0.3) is 66.4 Å². The third kappa shape index (κ3) is 5.90. The predicted octanol–water partition coefficient (Wildman–Crippen LogP) is 15.3. The van der Waals surface area contributed by atoms with Gasteiger partial charge >= 0.3 is 0 Å². The number of fused-ring (bicyclic) bond motifs is 4. The lowest BCUT2D eigenvalue weighted by Gasteiger charge is -2.30. The average molecular weight is 716 g/mol. The Bertz CT molecular complexity index is 2880. The molecule has 0 aromatic heterocycles. The van der Waals surface area contributed by atoms with Crippen LogP contribution in [0.5, 0.6) is 0 Å². The van der Waals surface area contributed by atoms with E-state index in [0.29, 0.717) is 0 Å². The van der Waals surface area contributed by atoms with Gasteiger partial charge in [-0.2, -0.15) is 0 Å². The summed E-state index contributed by atoms with van der Waals surface area (Å²) in [5.74, 6) is 0. The highest BCUT2D eigenvalue weighted by Gasteiger charge is 2.35. The highest BCUT2D eigenvalue weighted by atomic mass is 15.1. The third-order valence-corrected chi connectivity index (χ3v) is 11.7. The van der Waals surface area contributed by atoms with E-state index in [-0.39, 0.29) is 5.41 Å². The zero-order valence-electron chi connectivity index (χ0n) is 31.7. The Morgan fingerprint density at radius 3 is 1.61 bits per heavy atom. The lowest BCUT2D eigenvalue weighted by Crippen LogP contribution is -2.16. The molecule has 1 aliphatic rings. The SMILES string of the molecule is CC1(C)c2ccccc2-c2ccc(N(c3ccc(-c4cccc(-c5ccc6ccccc6c5)c4)cc3)c3ccccc3-c3cccc(-c4ccccc4)c3)cc21. The van der Waals surface area contributed by atoms with E-state index >= 15 is 0 Å². The summed E-state index contributed by atoms with van der Waals surface area (Å²) < 4.78 is 0. The molecule has 0 radical (unpaired) electrons. The number of benzene rings is 9. The van der Waals surface area contributed by atoms with Crippen molar-refractivity contribution in [1.82, 2.24) is 0 Å². The standard InChI is InChI=1S/C55H41N/c1-55(2)52-24-10-8-23-50(52)51-33-32-48(37-53(51)55)56(54-25-11-9-22-49(54)46-21-13-19-43(36-46)38-14-4-3-5-15-38)47-30-28-40(29-31-47)42-18-12-20-44(34-42)45-27-26-39-16-6-7-17-41(39)35-45/h3-37H,1-2H3. The van der Waals surface area contributed by atoms with Crippen LogP contribution in [-0.4, -0.2) is 0 Å².